The summed E-state index contributed by atoms with van der Waals surface area (Å²) in [6.45, 7) is 6.76. The summed E-state index contributed by atoms with van der Waals surface area (Å²) < 4.78 is 5.38. The van der Waals surface area contributed by atoms with Crippen molar-refractivity contribution in [2.24, 2.45) is 4.99 Å². The van der Waals surface area contributed by atoms with Gasteiger partial charge in [0.15, 0.2) is 5.17 Å². The molecule has 8 heteroatoms. The molecule has 0 amide bonds. The number of nitrogens with one attached hydrogen (secondary N) is 1. The summed E-state index contributed by atoms with van der Waals surface area (Å²) in [5.74, 6) is 0.991. The summed E-state index contributed by atoms with van der Waals surface area (Å²) in [5.41, 5.74) is 4.27. The molecule has 0 radical (unpaired) electrons. The smallest absolute Gasteiger partial charge is 0.180 e. The van der Waals surface area contributed by atoms with Crippen LogP contribution >= 0.6 is 35.0 Å². The van der Waals surface area contributed by atoms with Crippen LogP contribution in [-0.2, 0) is 4.74 Å². The van der Waals surface area contributed by atoms with Crippen LogP contribution in [0, 0.1) is 0 Å². The van der Waals surface area contributed by atoms with E-state index in [4.69, 9.17) is 27.9 Å². The molecule has 3 rings (SSSR count). The van der Waals surface area contributed by atoms with Gasteiger partial charge in [0.2, 0.25) is 0 Å². The number of morpholine rings is 1. The molecule has 23 heavy (non-hydrogen) atoms. The summed E-state index contributed by atoms with van der Waals surface area (Å²) in [6.07, 6.45) is 0.0512. The Kier molecular flexibility index (Phi) is 6.07. The van der Waals surface area contributed by atoms with Crippen molar-refractivity contribution in [3.63, 3.8) is 0 Å². The fraction of sp³-hybridized carbons (Fsp3) is 0.533. The highest BCUT2D eigenvalue weighted by atomic mass is 35.5. The van der Waals surface area contributed by atoms with E-state index in [1.807, 2.05) is 24.1 Å². The van der Waals surface area contributed by atoms with Gasteiger partial charge in [0.1, 0.15) is 6.17 Å². The molecular formula is C15H20Cl2N4OS. The molecule has 1 saturated heterocycles. The van der Waals surface area contributed by atoms with Crippen LogP contribution in [0.2, 0.25) is 10.0 Å². The van der Waals surface area contributed by atoms with Crippen LogP contribution in [0.5, 0.6) is 0 Å². The third-order valence-corrected chi connectivity index (χ3v) is 5.39. The molecule has 2 heterocycles. The van der Waals surface area contributed by atoms with E-state index < -0.39 is 0 Å². The second-order valence-electron chi connectivity index (χ2n) is 5.45. The molecule has 1 fully saturated rings. The van der Waals surface area contributed by atoms with Crippen LogP contribution in [0.4, 0.5) is 5.69 Å². The molecule has 0 saturated carbocycles. The Hall–Kier alpha value is -0.500. The van der Waals surface area contributed by atoms with Crippen molar-refractivity contribution in [1.29, 1.82) is 0 Å². The molecule has 1 atom stereocenters. The van der Waals surface area contributed by atoms with Gasteiger partial charge in [-0.1, -0.05) is 35.0 Å². The van der Waals surface area contributed by atoms with Crippen molar-refractivity contribution < 1.29 is 4.74 Å². The normalized spacial score (nSPS) is 22.5. The lowest BCUT2D eigenvalue weighted by Gasteiger charge is -2.26. The first-order chi connectivity index (χ1) is 11.1. The van der Waals surface area contributed by atoms with Crippen molar-refractivity contribution in [1.82, 2.24) is 10.3 Å². The van der Waals surface area contributed by atoms with Crippen LogP contribution in [-0.4, -0.2) is 54.8 Å². The summed E-state index contributed by atoms with van der Waals surface area (Å²) in [6, 6.07) is 5.60. The highest BCUT2D eigenvalue weighted by Crippen LogP contribution is 2.29. The molecule has 1 aromatic rings. The Bertz CT molecular complexity index is 581. The number of aliphatic imine (C=N–C) groups is 1. The Morgan fingerprint density at radius 1 is 1.30 bits per heavy atom. The Labute approximate surface area is 150 Å². The molecule has 0 bridgehead atoms. The molecule has 1 unspecified atom stereocenters. The van der Waals surface area contributed by atoms with Crippen molar-refractivity contribution in [3.8, 4) is 0 Å². The van der Waals surface area contributed by atoms with Crippen LogP contribution in [0.3, 0.4) is 0 Å². The third-order valence-electron chi connectivity index (χ3n) is 3.72. The number of ether oxygens (including phenoxy) is 1. The Balaban J connectivity index is 1.59. The van der Waals surface area contributed by atoms with Gasteiger partial charge in [-0.2, -0.15) is 0 Å². The first kappa shape index (κ1) is 17.3. The summed E-state index contributed by atoms with van der Waals surface area (Å²) in [5, 5.41) is 4.05. The lowest BCUT2D eigenvalue weighted by atomic mass is 10.3. The second kappa shape index (κ2) is 8.05. The first-order valence-electron chi connectivity index (χ1n) is 7.65. The minimum absolute atomic E-state index is 0.0512. The van der Waals surface area contributed by atoms with Gasteiger partial charge in [-0.15, -0.1) is 0 Å². The van der Waals surface area contributed by atoms with Crippen LogP contribution in [0.1, 0.15) is 6.92 Å². The largest absolute Gasteiger partial charge is 0.379 e. The first-order valence-corrected chi connectivity index (χ1v) is 9.40. The monoisotopic (exact) mass is 374 g/mol. The topological polar surface area (TPSA) is 40.1 Å². The number of amidine groups is 1. The van der Waals surface area contributed by atoms with Gasteiger partial charge in [-0.05, 0) is 25.1 Å². The number of hydrogen-bond acceptors (Lipinski definition) is 6. The Morgan fingerprint density at radius 3 is 2.83 bits per heavy atom. The van der Waals surface area contributed by atoms with Crippen molar-refractivity contribution in [2.45, 2.75) is 13.1 Å². The van der Waals surface area contributed by atoms with E-state index in [0.717, 1.165) is 49.5 Å². The molecule has 0 aromatic heterocycles. The van der Waals surface area contributed by atoms with Crippen molar-refractivity contribution in [3.05, 3.63) is 28.2 Å². The van der Waals surface area contributed by atoms with E-state index in [2.05, 4.69) is 15.3 Å². The van der Waals surface area contributed by atoms with Gasteiger partial charge in [0.05, 0.1) is 28.9 Å². The zero-order valence-corrected chi connectivity index (χ0v) is 15.3. The van der Waals surface area contributed by atoms with Crippen LogP contribution in [0.15, 0.2) is 23.2 Å². The average molecular weight is 375 g/mol. The van der Waals surface area contributed by atoms with E-state index in [0.29, 0.717) is 10.0 Å². The highest BCUT2D eigenvalue weighted by Gasteiger charge is 2.24. The lowest BCUT2D eigenvalue weighted by molar-refractivity contribution is 0.0410. The fourth-order valence-corrected chi connectivity index (χ4v) is 3.84. The number of hydrazine groups is 1. The number of anilines is 1. The zero-order valence-electron chi connectivity index (χ0n) is 13.0. The minimum Gasteiger partial charge on any atom is -0.379 e. The van der Waals surface area contributed by atoms with Gasteiger partial charge in [-0.3, -0.25) is 9.91 Å². The average Bonchev–Trinajstić information content (AvgIpc) is 2.92. The molecule has 1 N–H and O–H groups in total. The van der Waals surface area contributed by atoms with Gasteiger partial charge >= 0.3 is 0 Å². The summed E-state index contributed by atoms with van der Waals surface area (Å²) >= 11 is 13.9. The summed E-state index contributed by atoms with van der Waals surface area (Å²) in [7, 11) is 0. The van der Waals surface area contributed by atoms with Crippen LogP contribution < -0.4 is 10.4 Å². The number of halogens is 2. The van der Waals surface area contributed by atoms with Gasteiger partial charge in [-0.25, -0.2) is 10.4 Å². The molecule has 126 valence electrons. The van der Waals surface area contributed by atoms with Crippen molar-refractivity contribution in [2.75, 3.05) is 43.6 Å². The number of hydrogen-bond donors (Lipinski definition) is 1. The van der Waals surface area contributed by atoms with E-state index >= 15 is 0 Å². The van der Waals surface area contributed by atoms with Gasteiger partial charge in [0, 0.05) is 25.4 Å². The molecule has 2 aliphatic rings. The van der Waals surface area contributed by atoms with E-state index in [1.165, 1.54) is 0 Å². The summed E-state index contributed by atoms with van der Waals surface area (Å²) in [4.78, 5) is 7.08. The molecule has 5 nitrogen and oxygen atoms in total. The number of thioether (sulfide) groups is 1. The maximum Gasteiger partial charge on any atom is 0.180 e. The lowest BCUT2D eigenvalue weighted by Crippen LogP contribution is -2.40. The molecule has 0 aliphatic carbocycles. The predicted molar refractivity (Wildman–Crippen MR) is 98.7 cm³/mol. The fourth-order valence-electron chi connectivity index (χ4n) is 2.50. The second-order valence-corrected chi connectivity index (χ2v) is 7.33. The zero-order chi connectivity index (χ0) is 16.2. The highest BCUT2D eigenvalue weighted by molar-refractivity contribution is 8.14. The van der Waals surface area contributed by atoms with Gasteiger partial charge in [0.25, 0.3) is 0 Å². The maximum absolute atomic E-state index is 6.13. The molecule has 0 spiro atoms. The van der Waals surface area contributed by atoms with Gasteiger partial charge < -0.3 is 4.74 Å². The maximum atomic E-state index is 6.13. The van der Waals surface area contributed by atoms with E-state index in [9.17, 15) is 0 Å². The number of benzene rings is 1. The third kappa shape index (κ3) is 4.53. The van der Waals surface area contributed by atoms with E-state index in [-0.39, 0.29) is 6.17 Å². The molecular weight excluding hydrogens is 355 g/mol. The molecule has 2 aliphatic heterocycles. The predicted octanol–water partition coefficient (Wildman–Crippen LogP) is 3.09. The SMILES string of the molecule is CC1N=C(SCCN2CCOCC2)N(c2ccc(Cl)c(Cl)c2)N1. The van der Waals surface area contributed by atoms with Crippen LogP contribution in [0.25, 0.3) is 0 Å². The number of rotatable bonds is 4. The molecule has 1 aromatic carbocycles. The van der Waals surface area contributed by atoms with Crippen molar-refractivity contribution >= 4 is 45.8 Å². The standard InChI is InChI=1S/C15H20Cl2N4OS/c1-11-18-15(23-9-6-20-4-7-22-8-5-20)21(19-11)12-2-3-13(16)14(17)10-12/h2-3,10-11,19H,4-9H2,1H3. The van der Waals surface area contributed by atoms with E-state index in [1.54, 1.807) is 17.8 Å². The minimum atomic E-state index is 0.0512. The quantitative estimate of drug-likeness (QED) is 0.876. The Morgan fingerprint density at radius 2 is 2.09 bits per heavy atom. The number of nitrogens with zero attached hydrogens (tertiary/aromatic N) is 3.